The molecule has 0 amide bonds. The normalized spacial score (nSPS) is 20.7. The number of benzene rings is 1. The van der Waals surface area contributed by atoms with Crippen LogP contribution in [-0.4, -0.2) is 59.7 Å². The largest absolute Gasteiger partial charge is 0.411 e. The minimum absolute atomic E-state index is 0.0318. The lowest BCUT2D eigenvalue weighted by Gasteiger charge is -2.46. The maximum atomic E-state index is 11.0. The van der Waals surface area contributed by atoms with Crippen LogP contribution in [0.25, 0.3) is 0 Å². The number of hydrogen-bond acceptors (Lipinski definition) is 6. The third-order valence-corrected chi connectivity index (χ3v) is 19.1. The van der Waals surface area contributed by atoms with Crippen LogP contribution in [0.4, 0.5) is 0 Å². The van der Waals surface area contributed by atoms with Gasteiger partial charge in [0.15, 0.2) is 22.4 Å². The lowest BCUT2D eigenvalue weighted by molar-refractivity contribution is -0.165. The summed E-state index contributed by atoms with van der Waals surface area (Å²) in [6, 6.07) is 10.3. The third kappa shape index (κ3) is 12.0. The fourth-order valence-electron chi connectivity index (χ4n) is 5.24. The molecule has 0 aliphatic carbocycles. The predicted octanol–water partition coefficient (Wildman–Crippen LogP) is 9.68. The van der Waals surface area contributed by atoms with Crippen LogP contribution in [0.15, 0.2) is 30.3 Å². The van der Waals surface area contributed by atoms with Crippen molar-refractivity contribution in [1.29, 1.82) is 0 Å². The molecule has 8 heteroatoms. The van der Waals surface area contributed by atoms with E-state index in [0.29, 0.717) is 19.6 Å². The molecule has 44 heavy (non-hydrogen) atoms. The Morgan fingerprint density at radius 2 is 1.48 bits per heavy atom. The van der Waals surface area contributed by atoms with Gasteiger partial charge in [-0.2, -0.15) is 0 Å². The van der Waals surface area contributed by atoms with E-state index in [1.54, 1.807) is 0 Å². The fourth-order valence-corrected chi connectivity index (χ4v) is 7.98. The van der Waals surface area contributed by atoms with Gasteiger partial charge in [-0.3, -0.25) is 0 Å². The molecule has 1 aromatic carbocycles. The molecule has 2 rings (SSSR count). The van der Waals surface area contributed by atoms with Crippen molar-refractivity contribution in [1.82, 2.24) is 0 Å². The van der Waals surface area contributed by atoms with Crippen molar-refractivity contribution in [3.63, 3.8) is 0 Å². The lowest BCUT2D eigenvalue weighted by atomic mass is 9.90. The molecule has 1 aliphatic rings. The fraction of sp³-hybridized carbons (Fsp3) is 0.806. The Morgan fingerprint density at radius 3 is 1.98 bits per heavy atom. The zero-order chi connectivity index (χ0) is 33.4. The Morgan fingerprint density at radius 1 is 0.909 bits per heavy atom. The van der Waals surface area contributed by atoms with Gasteiger partial charge in [0.25, 0.3) is 0 Å². The summed E-state index contributed by atoms with van der Waals surface area (Å²) in [5.74, 6) is -0.498. The summed E-state index contributed by atoms with van der Waals surface area (Å²) in [5.41, 5.74) is 1.14. The van der Waals surface area contributed by atoms with E-state index in [0.717, 1.165) is 44.0 Å². The van der Waals surface area contributed by atoms with Gasteiger partial charge < -0.3 is 27.9 Å². The molecule has 0 unspecified atom stereocenters. The van der Waals surface area contributed by atoms with Crippen LogP contribution in [0.3, 0.4) is 0 Å². The maximum Gasteiger partial charge on any atom is 0.192 e. The second kappa shape index (κ2) is 16.3. The molecule has 5 atom stereocenters. The second-order valence-corrected chi connectivity index (χ2v) is 26.0. The first-order valence-corrected chi connectivity index (χ1v) is 22.8. The summed E-state index contributed by atoms with van der Waals surface area (Å²) >= 11 is 0. The van der Waals surface area contributed by atoms with Crippen LogP contribution in [0.5, 0.6) is 0 Å². The highest BCUT2D eigenvalue weighted by atomic mass is 28.4. The SMILES string of the molecule is C[C@@H](C[C@H](O[Si](C)(C)C(C)(C)C)[C@H](CCCCCC=O)O[Si](C)(C)C(C)(C)C)[C@@H](OCc1ccccc1)[C@@H]1COC(C)(C)O1. The van der Waals surface area contributed by atoms with E-state index in [-0.39, 0.29) is 40.4 Å². The van der Waals surface area contributed by atoms with E-state index in [9.17, 15) is 4.79 Å². The van der Waals surface area contributed by atoms with Gasteiger partial charge in [0.05, 0.1) is 31.5 Å². The maximum absolute atomic E-state index is 11.0. The molecular weight excluding hydrogens is 585 g/mol. The molecule has 0 aromatic heterocycles. The third-order valence-electron chi connectivity index (χ3n) is 10.1. The van der Waals surface area contributed by atoms with Gasteiger partial charge >= 0.3 is 0 Å². The summed E-state index contributed by atoms with van der Waals surface area (Å²) in [6.45, 7) is 30.5. The molecule has 254 valence electrons. The zero-order valence-electron chi connectivity index (χ0n) is 30.5. The second-order valence-electron chi connectivity index (χ2n) is 16.5. The van der Waals surface area contributed by atoms with Crippen molar-refractivity contribution in [2.75, 3.05) is 6.61 Å². The number of carbonyl (C=O) groups is 1. The molecule has 1 saturated heterocycles. The van der Waals surface area contributed by atoms with Crippen molar-refractivity contribution in [2.45, 2.75) is 174 Å². The Hall–Kier alpha value is -0.876. The van der Waals surface area contributed by atoms with Gasteiger partial charge in [-0.25, -0.2) is 0 Å². The first-order valence-electron chi connectivity index (χ1n) is 17.0. The van der Waals surface area contributed by atoms with Gasteiger partial charge in [0.2, 0.25) is 0 Å². The topological polar surface area (TPSA) is 63.2 Å². The Labute approximate surface area is 272 Å². The van der Waals surface area contributed by atoms with Crippen molar-refractivity contribution in [2.24, 2.45) is 5.92 Å². The molecule has 1 aromatic rings. The van der Waals surface area contributed by atoms with E-state index >= 15 is 0 Å². The van der Waals surface area contributed by atoms with Crippen LogP contribution in [-0.2, 0) is 34.5 Å². The number of ether oxygens (including phenoxy) is 3. The van der Waals surface area contributed by atoms with Crippen molar-refractivity contribution >= 4 is 22.9 Å². The molecule has 0 bridgehead atoms. The zero-order valence-corrected chi connectivity index (χ0v) is 32.5. The Balaban J connectivity index is 2.44. The van der Waals surface area contributed by atoms with Crippen molar-refractivity contribution in [3.8, 4) is 0 Å². The number of carbonyl (C=O) groups excluding carboxylic acids is 1. The van der Waals surface area contributed by atoms with Crippen molar-refractivity contribution in [3.05, 3.63) is 35.9 Å². The van der Waals surface area contributed by atoms with Gasteiger partial charge in [-0.15, -0.1) is 0 Å². The van der Waals surface area contributed by atoms with E-state index in [4.69, 9.17) is 23.1 Å². The summed E-state index contributed by atoms with van der Waals surface area (Å²) in [4.78, 5) is 11.0. The highest BCUT2D eigenvalue weighted by molar-refractivity contribution is 6.74. The molecule has 1 fully saturated rings. The quantitative estimate of drug-likeness (QED) is 0.0896. The van der Waals surface area contributed by atoms with Crippen molar-refractivity contribution < 1.29 is 27.9 Å². The summed E-state index contributed by atoms with van der Waals surface area (Å²) in [5, 5.41) is 0.146. The van der Waals surface area contributed by atoms with Crippen LogP contribution >= 0.6 is 0 Å². The lowest BCUT2D eigenvalue weighted by Crippen LogP contribution is -2.53. The first-order chi connectivity index (χ1) is 20.2. The average Bonchev–Trinajstić information content (AvgIpc) is 3.25. The van der Waals surface area contributed by atoms with Crippen LogP contribution in [0.2, 0.25) is 36.3 Å². The van der Waals surface area contributed by atoms with E-state index < -0.39 is 22.4 Å². The van der Waals surface area contributed by atoms with E-state index in [1.165, 1.54) is 0 Å². The van der Waals surface area contributed by atoms with Gasteiger partial charge in [-0.05, 0) is 80.9 Å². The molecule has 0 radical (unpaired) electrons. The minimum Gasteiger partial charge on any atom is -0.411 e. The van der Waals surface area contributed by atoms with Crippen LogP contribution < -0.4 is 0 Å². The molecule has 1 heterocycles. The first kappa shape index (κ1) is 39.3. The monoisotopic (exact) mass is 650 g/mol. The smallest absolute Gasteiger partial charge is 0.192 e. The number of rotatable bonds is 18. The molecule has 0 saturated carbocycles. The Bertz CT molecular complexity index is 983. The van der Waals surface area contributed by atoms with E-state index in [2.05, 4.69) is 98.9 Å². The highest BCUT2D eigenvalue weighted by Crippen LogP contribution is 2.43. The molecule has 6 nitrogen and oxygen atoms in total. The van der Waals surface area contributed by atoms with E-state index in [1.807, 2.05) is 19.9 Å². The number of unbranched alkanes of at least 4 members (excludes halogenated alkanes) is 3. The van der Waals surface area contributed by atoms with Gasteiger partial charge in [0, 0.05) is 6.42 Å². The highest BCUT2D eigenvalue weighted by Gasteiger charge is 2.46. The molecular formula is C36H66O6Si2. The van der Waals surface area contributed by atoms with Crippen LogP contribution in [0, 0.1) is 5.92 Å². The molecule has 0 N–H and O–H groups in total. The molecule has 0 spiro atoms. The summed E-state index contributed by atoms with van der Waals surface area (Å²) in [7, 11) is -4.25. The van der Waals surface area contributed by atoms with Gasteiger partial charge in [0.1, 0.15) is 12.4 Å². The summed E-state index contributed by atoms with van der Waals surface area (Å²) < 4.78 is 33.8. The molecule has 1 aliphatic heterocycles. The Kier molecular flexibility index (Phi) is 14.6. The number of hydrogen-bond donors (Lipinski definition) is 0. The number of aldehydes is 1. The summed E-state index contributed by atoms with van der Waals surface area (Å²) in [6.07, 6.45) is 5.89. The predicted molar refractivity (Wildman–Crippen MR) is 187 cm³/mol. The van der Waals surface area contributed by atoms with Crippen LogP contribution in [0.1, 0.15) is 106 Å². The average molecular weight is 651 g/mol. The minimum atomic E-state index is -2.15. The standard InChI is InChI=1S/C36H66O6Si2/c1-28(33(32-27-39-36(8,9)40-32)38-26-29-21-17-16-18-22-29)25-31(42-44(12,13)35(5,6)7)30(23-19-14-15-20-24-37)41-43(10,11)34(2,3)4/h16-18,21-22,24,28,30-33H,14-15,19-20,23,25-27H2,1-13H3/t28-,30-,31-,32-,33+/m0/s1. The van der Waals surface area contributed by atoms with Gasteiger partial charge in [-0.1, -0.05) is 91.6 Å².